The summed E-state index contributed by atoms with van der Waals surface area (Å²) in [7, 11) is -3.25. The molecule has 0 spiro atoms. The van der Waals surface area contributed by atoms with Crippen LogP contribution in [0.4, 0.5) is 0 Å². The number of nitrogens with zero attached hydrogens (tertiary/aromatic N) is 1. The van der Waals surface area contributed by atoms with Gasteiger partial charge >= 0.3 is 0 Å². The second kappa shape index (κ2) is 7.45. The van der Waals surface area contributed by atoms with E-state index in [2.05, 4.69) is 6.92 Å². The van der Waals surface area contributed by atoms with Crippen molar-refractivity contribution in [3.05, 3.63) is 29.8 Å². The molecule has 18 heavy (non-hydrogen) atoms. The smallest absolute Gasteiger partial charge is 0.179 e. The van der Waals surface area contributed by atoms with E-state index >= 15 is 0 Å². The molecule has 0 aliphatic rings. The second-order valence-electron chi connectivity index (χ2n) is 3.92. The molecule has 0 N–H and O–H groups in total. The lowest BCUT2D eigenvalue weighted by Gasteiger charge is -2.04. The van der Waals surface area contributed by atoms with Gasteiger partial charge in [0.1, 0.15) is 0 Å². The van der Waals surface area contributed by atoms with Crippen molar-refractivity contribution in [1.82, 2.24) is 0 Å². The van der Waals surface area contributed by atoms with E-state index in [-0.39, 0.29) is 10.6 Å². The van der Waals surface area contributed by atoms with Gasteiger partial charge in [0.25, 0.3) is 0 Å². The van der Waals surface area contributed by atoms with Crippen LogP contribution in [0.25, 0.3) is 0 Å². The van der Waals surface area contributed by atoms with Crippen molar-refractivity contribution in [2.75, 3.05) is 17.3 Å². The Balaban J connectivity index is 2.60. The van der Waals surface area contributed by atoms with Crippen LogP contribution in [-0.2, 0) is 9.84 Å². The molecule has 98 valence electrons. The molecule has 0 aliphatic carbocycles. The maximum absolute atomic E-state index is 12.0. The van der Waals surface area contributed by atoms with Crippen LogP contribution in [0.15, 0.2) is 29.2 Å². The van der Waals surface area contributed by atoms with Crippen LogP contribution in [0, 0.1) is 11.3 Å². The SMILES string of the molecule is CCCCSCCS(=O)(=O)c1cccc(C#N)c1. The topological polar surface area (TPSA) is 57.9 Å². The Hall–Kier alpha value is -0.990. The number of hydrogen-bond acceptors (Lipinski definition) is 4. The molecule has 1 aromatic rings. The van der Waals surface area contributed by atoms with Crippen molar-refractivity contribution in [2.45, 2.75) is 24.7 Å². The molecule has 0 radical (unpaired) electrons. The predicted octanol–water partition coefficient (Wildman–Crippen LogP) is 2.87. The van der Waals surface area contributed by atoms with Crippen LogP contribution in [0.5, 0.6) is 0 Å². The molecule has 0 atom stereocenters. The summed E-state index contributed by atoms with van der Waals surface area (Å²) < 4.78 is 24.0. The van der Waals surface area contributed by atoms with Gasteiger partial charge in [-0.2, -0.15) is 17.0 Å². The molecule has 0 bridgehead atoms. The minimum absolute atomic E-state index is 0.135. The largest absolute Gasteiger partial charge is 0.224 e. The highest BCUT2D eigenvalue weighted by molar-refractivity contribution is 8.00. The molecule has 0 amide bonds. The van der Waals surface area contributed by atoms with Crippen molar-refractivity contribution >= 4 is 21.6 Å². The summed E-state index contributed by atoms with van der Waals surface area (Å²) in [5.74, 6) is 1.75. The van der Waals surface area contributed by atoms with E-state index in [9.17, 15) is 8.42 Å². The monoisotopic (exact) mass is 283 g/mol. The molecule has 0 aliphatic heterocycles. The quantitative estimate of drug-likeness (QED) is 0.722. The van der Waals surface area contributed by atoms with Gasteiger partial charge in [-0.25, -0.2) is 8.42 Å². The van der Waals surface area contributed by atoms with E-state index in [1.165, 1.54) is 6.07 Å². The lowest BCUT2D eigenvalue weighted by atomic mass is 10.2. The summed E-state index contributed by atoms with van der Waals surface area (Å²) in [6.07, 6.45) is 2.25. The van der Waals surface area contributed by atoms with Crippen LogP contribution in [0.1, 0.15) is 25.3 Å². The van der Waals surface area contributed by atoms with Gasteiger partial charge in [0.15, 0.2) is 9.84 Å². The van der Waals surface area contributed by atoms with E-state index in [4.69, 9.17) is 5.26 Å². The molecule has 0 fully saturated rings. The Labute approximate surface area is 113 Å². The standard InChI is InChI=1S/C13H17NO2S2/c1-2-3-7-17-8-9-18(15,16)13-6-4-5-12(10-13)11-14/h4-6,10H,2-3,7-9H2,1H3. The molecule has 3 nitrogen and oxygen atoms in total. The molecule has 0 aromatic heterocycles. The molecule has 1 rings (SSSR count). The highest BCUT2D eigenvalue weighted by atomic mass is 32.2. The highest BCUT2D eigenvalue weighted by Gasteiger charge is 2.14. The summed E-state index contributed by atoms with van der Waals surface area (Å²) in [5, 5.41) is 8.75. The van der Waals surface area contributed by atoms with E-state index in [0.717, 1.165) is 18.6 Å². The fourth-order valence-corrected chi connectivity index (χ4v) is 4.27. The first-order chi connectivity index (χ1) is 8.60. The van der Waals surface area contributed by atoms with Gasteiger partial charge in [-0.1, -0.05) is 19.4 Å². The van der Waals surface area contributed by atoms with Gasteiger partial charge in [-0.3, -0.25) is 0 Å². The summed E-state index contributed by atoms with van der Waals surface area (Å²) in [4.78, 5) is 0.248. The van der Waals surface area contributed by atoms with E-state index < -0.39 is 9.84 Å². The molecular weight excluding hydrogens is 266 g/mol. The number of benzene rings is 1. The van der Waals surface area contributed by atoms with Gasteiger partial charge in [0.05, 0.1) is 22.3 Å². The van der Waals surface area contributed by atoms with Crippen molar-refractivity contribution in [3.8, 4) is 6.07 Å². The van der Waals surface area contributed by atoms with E-state index in [0.29, 0.717) is 11.3 Å². The Morgan fingerprint density at radius 2 is 2.11 bits per heavy atom. The Kier molecular flexibility index (Phi) is 6.23. The van der Waals surface area contributed by atoms with Crippen molar-refractivity contribution in [3.63, 3.8) is 0 Å². The van der Waals surface area contributed by atoms with Gasteiger partial charge in [-0.15, -0.1) is 0 Å². The molecule has 0 saturated heterocycles. The Bertz CT molecular complexity index is 518. The fraction of sp³-hybridized carbons (Fsp3) is 0.462. The Morgan fingerprint density at radius 1 is 1.33 bits per heavy atom. The number of sulfone groups is 1. The highest BCUT2D eigenvalue weighted by Crippen LogP contribution is 2.15. The zero-order chi connectivity index (χ0) is 13.4. The summed E-state index contributed by atoms with van der Waals surface area (Å²) in [6.45, 7) is 2.12. The van der Waals surface area contributed by atoms with E-state index in [1.54, 1.807) is 30.0 Å². The normalized spacial score (nSPS) is 11.1. The molecule has 0 heterocycles. The van der Waals surface area contributed by atoms with Gasteiger partial charge in [0, 0.05) is 5.75 Å². The fourth-order valence-electron chi connectivity index (χ4n) is 1.39. The lowest BCUT2D eigenvalue weighted by Crippen LogP contribution is -2.09. The van der Waals surface area contributed by atoms with Crippen molar-refractivity contribution < 1.29 is 8.42 Å². The molecule has 0 unspecified atom stereocenters. The summed E-state index contributed by atoms with van der Waals surface area (Å²) in [6, 6.07) is 8.15. The molecule has 1 aromatic carbocycles. The van der Waals surface area contributed by atoms with Crippen LogP contribution in [-0.4, -0.2) is 25.7 Å². The number of thioether (sulfide) groups is 1. The van der Waals surface area contributed by atoms with Crippen LogP contribution in [0.2, 0.25) is 0 Å². The van der Waals surface area contributed by atoms with Crippen LogP contribution < -0.4 is 0 Å². The first kappa shape index (κ1) is 15.1. The lowest BCUT2D eigenvalue weighted by molar-refractivity contribution is 0.597. The maximum atomic E-state index is 12.0. The number of nitriles is 1. The third kappa shape index (κ3) is 4.71. The van der Waals surface area contributed by atoms with Crippen molar-refractivity contribution in [2.24, 2.45) is 0 Å². The van der Waals surface area contributed by atoms with E-state index in [1.807, 2.05) is 6.07 Å². The minimum atomic E-state index is -3.25. The predicted molar refractivity (Wildman–Crippen MR) is 75.4 cm³/mol. The van der Waals surface area contributed by atoms with Gasteiger partial charge < -0.3 is 0 Å². The molecule has 0 saturated carbocycles. The first-order valence-corrected chi connectivity index (χ1v) is 8.71. The minimum Gasteiger partial charge on any atom is -0.224 e. The first-order valence-electron chi connectivity index (χ1n) is 5.91. The summed E-state index contributed by atoms with van der Waals surface area (Å²) >= 11 is 1.67. The average Bonchev–Trinajstić information content (AvgIpc) is 2.38. The average molecular weight is 283 g/mol. The number of unbranched alkanes of at least 4 members (excludes halogenated alkanes) is 1. The maximum Gasteiger partial charge on any atom is 0.179 e. The zero-order valence-corrected chi connectivity index (χ0v) is 12.1. The van der Waals surface area contributed by atoms with Crippen LogP contribution >= 0.6 is 11.8 Å². The third-order valence-corrected chi connectivity index (χ3v) is 5.50. The second-order valence-corrected chi connectivity index (χ2v) is 7.26. The number of rotatable bonds is 7. The van der Waals surface area contributed by atoms with Crippen molar-refractivity contribution in [1.29, 1.82) is 5.26 Å². The summed E-state index contributed by atoms with van der Waals surface area (Å²) in [5.41, 5.74) is 0.384. The Morgan fingerprint density at radius 3 is 2.78 bits per heavy atom. The number of hydrogen-bond donors (Lipinski definition) is 0. The third-order valence-electron chi connectivity index (χ3n) is 2.46. The van der Waals surface area contributed by atoms with Gasteiger partial charge in [-0.05, 0) is 30.4 Å². The van der Waals surface area contributed by atoms with Gasteiger partial charge in [0.2, 0.25) is 0 Å². The molecular formula is C13H17NO2S2. The zero-order valence-electron chi connectivity index (χ0n) is 10.4. The van der Waals surface area contributed by atoms with Crippen LogP contribution in [0.3, 0.4) is 0 Å². The molecule has 5 heteroatoms.